The molecule has 1 aromatic rings. The molecule has 0 fully saturated rings. The van der Waals surface area contributed by atoms with Gasteiger partial charge in [-0.15, -0.1) is 0 Å². The molecule has 0 amide bonds. The van der Waals surface area contributed by atoms with E-state index in [1.54, 1.807) is 0 Å². The van der Waals surface area contributed by atoms with Crippen LogP contribution < -0.4 is 0 Å². The van der Waals surface area contributed by atoms with Crippen molar-refractivity contribution in [1.29, 1.82) is 0 Å². The molecule has 11 heteroatoms. The molecule has 1 rings (SSSR count). The van der Waals surface area contributed by atoms with Crippen LogP contribution in [0.5, 0.6) is 0 Å². The Morgan fingerprint density at radius 3 is 2.37 bits per heavy atom. The van der Waals surface area contributed by atoms with Gasteiger partial charge in [0.05, 0.1) is 16.5 Å². The van der Waals surface area contributed by atoms with Gasteiger partial charge in [-0.1, -0.05) is 11.6 Å². The van der Waals surface area contributed by atoms with E-state index >= 15 is 0 Å². The maximum Gasteiger partial charge on any atom is 0.436 e. The standard InChI is InChI=1S/C8H8ClF3N2O4S/c1-19(17,18)3-4-6(9)7(8(10,11)12)13-14(4)2-5(15)16/h2-3H2,1H3,(H,15,16). The summed E-state index contributed by atoms with van der Waals surface area (Å²) in [6.45, 7) is -0.916. The molecule has 0 unspecified atom stereocenters. The average molecular weight is 321 g/mol. The number of aromatic nitrogens is 2. The molecule has 0 atom stereocenters. The first kappa shape index (κ1) is 15.8. The van der Waals surface area contributed by atoms with Crippen LogP contribution >= 0.6 is 11.6 Å². The Morgan fingerprint density at radius 2 is 2.00 bits per heavy atom. The van der Waals surface area contributed by atoms with Crippen LogP contribution in [0.25, 0.3) is 0 Å². The van der Waals surface area contributed by atoms with Crippen LogP contribution in [0.1, 0.15) is 11.4 Å². The van der Waals surface area contributed by atoms with Crippen LogP contribution in [0.15, 0.2) is 0 Å². The molecule has 0 aliphatic carbocycles. The molecule has 0 radical (unpaired) electrons. The molecular formula is C8H8ClF3N2O4S. The molecule has 0 saturated heterocycles. The van der Waals surface area contributed by atoms with Gasteiger partial charge in [0.25, 0.3) is 0 Å². The van der Waals surface area contributed by atoms with E-state index in [0.717, 1.165) is 6.26 Å². The molecule has 6 nitrogen and oxygen atoms in total. The fraction of sp³-hybridized carbons (Fsp3) is 0.500. The second-order valence-corrected chi connectivity index (χ2v) is 6.25. The van der Waals surface area contributed by atoms with E-state index < -0.39 is 50.7 Å². The van der Waals surface area contributed by atoms with E-state index in [1.807, 2.05) is 0 Å². The molecule has 0 spiro atoms. The Kier molecular flexibility index (Phi) is 4.15. The van der Waals surface area contributed by atoms with Crippen molar-refractivity contribution in [3.63, 3.8) is 0 Å². The van der Waals surface area contributed by atoms with Gasteiger partial charge in [-0.05, 0) is 0 Å². The van der Waals surface area contributed by atoms with Crippen LogP contribution in [0.2, 0.25) is 5.02 Å². The van der Waals surface area contributed by atoms with Gasteiger partial charge in [-0.2, -0.15) is 18.3 Å². The van der Waals surface area contributed by atoms with E-state index in [2.05, 4.69) is 5.10 Å². The number of carboxylic acid groups (broad SMARTS) is 1. The molecule has 1 aromatic heterocycles. The second-order valence-electron chi connectivity index (χ2n) is 3.73. The number of nitrogens with zero attached hydrogens (tertiary/aromatic N) is 2. The number of aliphatic carboxylic acids is 1. The van der Waals surface area contributed by atoms with Crippen LogP contribution in [0, 0.1) is 0 Å². The van der Waals surface area contributed by atoms with Crippen molar-refractivity contribution in [2.24, 2.45) is 0 Å². The number of sulfone groups is 1. The van der Waals surface area contributed by atoms with Crippen LogP contribution in [0.4, 0.5) is 13.2 Å². The lowest BCUT2D eigenvalue weighted by Gasteiger charge is -2.03. The van der Waals surface area contributed by atoms with Gasteiger partial charge in [0.1, 0.15) is 6.54 Å². The fourth-order valence-electron chi connectivity index (χ4n) is 1.30. The van der Waals surface area contributed by atoms with Crippen LogP contribution in [0.3, 0.4) is 0 Å². The molecule has 19 heavy (non-hydrogen) atoms. The normalized spacial score (nSPS) is 12.7. The fourth-order valence-corrected chi connectivity index (χ4v) is 2.48. The molecule has 0 aliphatic heterocycles. The highest BCUT2D eigenvalue weighted by Crippen LogP contribution is 2.36. The zero-order valence-corrected chi connectivity index (χ0v) is 11.0. The summed E-state index contributed by atoms with van der Waals surface area (Å²) < 4.78 is 60.3. The molecule has 0 aliphatic rings. The third kappa shape index (κ3) is 4.10. The highest BCUT2D eigenvalue weighted by atomic mass is 35.5. The van der Waals surface area contributed by atoms with Gasteiger partial charge in [0.15, 0.2) is 15.5 Å². The molecule has 0 bridgehead atoms. The SMILES string of the molecule is CS(=O)(=O)Cc1c(Cl)c(C(F)(F)F)nn1CC(=O)O. The monoisotopic (exact) mass is 320 g/mol. The number of hydrogen-bond acceptors (Lipinski definition) is 4. The van der Waals surface area contributed by atoms with Crippen molar-refractivity contribution in [3.8, 4) is 0 Å². The molecule has 1 heterocycles. The molecule has 1 N–H and O–H groups in total. The largest absolute Gasteiger partial charge is 0.480 e. The van der Waals surface area contributed by atoms with E-state index in [0.29, 0.717) is 4.68 Å². The lowest BCUT2D eigenvalue weighted by molar-refractivity contribution is -0.143. The summed E-state index contributed by atoms with van der Waals surface area (Å²) in [5.74, 6) is -2.30. The maximum atomic E-state index is 12.6. The van der Waals surface area contributed by atoms with Crippen molar-refractivity contribution < 1.29 is 31.5 Å². The Bertz CT molecular complexity index is 608. The topological polar surface area (TPSA) is 89.3 Å². The van der Waals surface area contributed by atoms with Crippen molar-refractivity contribution in [1.82, 2.24) is 9.78 Å². The zero-order valence-electron chi connectivity index (χ0n) is 9.40. The first-order valence-electron chi connectivity index (χ1n) is 4.63. The highest BCUT2D eigenvalue weighted by molar-refractivity contribution is 7.89. The minimum absolute atomic E-state index is 0.425. The van der Waals surface area contributed by atoms with E-state index in [1.165, 1.54) is 0 Å². The van der Waals surface area contributed by atoms with Crippen molar-refractivity contribution in [2.45, 2.75) is 18.5 Å². The summed E-state index contributed by atoms with van der Waals surface area (Å²) in [6, 6.07) is 0. The van der Waals surface area contributed by atoms with E-state index in [9.17, 15) is 26.4 Å². The number of carboxylic acids is 1. The minimum Gasteiger partial charge on any atom is -0.480 e. The summed E-state index contributed by atoms with van der Waals surface area (Å²) in [5.41, 5.74) is -2.01. The molecule has 0 aromatic carbocycles. The summed E-state index contributed by atoms with van der Waals surface area (Å²) >= 11 is 5.44. The van der Waals surface area contributed by atoms with Gasteiger partial charge in [-0.3, -0.25) is 9.48 Å². The lowest BCUT2D eigenvalue weighted by atomic mass is 10.3. The summed E-state index contributed by atoms with van der Waals surface area (Å²) in [5, 5.41) is 10.7. The Morgan fingerprint density at radius 1 is 1.47 bits per heavy atom. The van der Waals surface area contributed by atoms with Gasteiger partial charge in [0, 0.05) is 6.26 Å². The second kappa shape index (κ2) is 5.00. The number of carbonyl (C=O) groups is 1. The number of halogens is 4. The zero-order chi connectivity index (χ0) is 15.0. The Balaban J connectivity index is 3.40. The predicted molar refractivity (Wildman–Crippen MR) is 58.4 cm³/mol. The predicted octanol–water partition coefficient (Wildman–Crippen LogP) is 1.18. The highest BCUT2D eigenvalue weighted by Gasteiger charge is 2.39. The summed E-state index contributed by atoms with van der Waals surface area (Å²) in [7, 11) is -3.70. The number of hydrogen-bond donors (Lipinski definition) is 1. The quantitative estimate of drug-likeness (QED) is 0.900. The first-order chi connectivity index (χ1) is 8.42. The Labute approximate surface area is 110 Å². The summed E-state index contributed by atoms with van der Waals surface area (Å²) in [4.78, 5) is 10.5. The average Bonchev–Trinajstić information content (AvgIpc) is 2.42. The van der Waals surface area contributed by atoms with Gasteiger partial charge in [0.2, 0.25) is 0 Å². The smallest absolute Gasteiger partial charge is 0.436 e. The number of alkyl halides is 3. The number of rotatable bonds is 4. The maximum absolute atomic E-state index is 12.6. The van der Waals surface area contributed by atoms with Gasteiger partial charge < -0.3 is 5.11 Å². The van der Waals surface area contributed by atoms with E-state index in [4.69, 9.17) is 16.7 Å². The first-order valence-corrected chi connectivity index (χ1v) is 7.07. The van der Waals surface area contributed by atoms with Crippen molar-refractivity contribution in [2.75, 3.05) is 6.26 Å². The van der Waals surface area contributed by atoms with Crippen LogP contribution in [-0.2, 0) is 33.1 Å². The van der Waals surface area contributed by atoms with Gasteiger partial charge >= 0.3 is 12.1 Å². The summed E-state index contributed by atoms with van der Waals surface area (Å²) in [6.07, 6.45) is -4.11. The van der Waals surface area contributed by atoms with Gasteiger partial charge in [-0.25, -0.2) is 8.42 Å². The van der Waals surface area contributed by atoms with Crippen LogP contribution in [-0.4, -0.2) is 35.5 Å². The molecule has 108 valence electrons. The van der Waals surface area contributed by atoms with Crippen molar-refractivity contribution >= 4 is 27.4 Å². The lowest BCUT2D eigenvalue weighted by Crippen LogP contribution is -2.16. The third-order valence-corrected chi connectivity index (χ3v) is 3.14. The van der Waals surface area contributed by atoms with E-state index in [-0.39, 0.29) is 0 Å². The molecular weight excluding hydrogens is 313 g/mol. The van der Waals surface area contributed by atoms with Crippen molar-refractivity contribution in [3.05, 3.63) is 16.4 Å². The minimum atomic E-state index is -4.90. The Hall–Kier alpha value is -1.29. The third-order valence-electron chi connectivity index (χ3n) is 1.95. The molecule has 0 saturated carbocycles.